The Morgan fingerprint density at radius 2 is 1.93 bits per heavy atom. The van der Waals surface area contributed by atoms with Crippen molar-refractivity contribution in [2.24, 2.45) is 0 Å². The van der Waals surface area contributed by atoms with Crippen LogP contribution in [0.2, 0.25) is 5.02 Å². The lowest BCUT2D eigenvalue weighted by Gasteiger charge is -2.29. The van der Waals surface area contributed by atoms with Crippen molar-refractivity contribution >= 4 is 38.9 Å². The monoisotopic (exact) mass is 422 g/mol. The summed E-state index contributed by atoms with van der Waals surface area (Å²) in [5.74, 6) is 0.283. The fraction of sp³-hybridized carbons (Fsp3) is 0.350. The van der Waals surface area contributed by atoms with Gasteiger partial charge in [0.15, 0.2) is 0 Å². The number of carbonyl (C=O) groups excluding carboxylic acids is 1. The van der Waals surface area contributed by atoms with Gasteiger partial charge in [-0.05, 0) is 57.0 Å². The van der Waals surface area contributed by atoms with Gasteiger partial charge in [0, 0.05) is 12.1 Å². The van der Waals surface area contributed by atoms with E-state index in [9.17, 15) is 13.2 Å². The van der Waals surface area contributed by atoms with Crippen LogP contribution in [-0.4, -0.2) is 32.7 Å². The van der Waals surface area contributed by atoms with Crippen molar-refractivity contribution in [3.05, 3.63) is 53.1 Å². The van der Waals surface area contributed by atoms with Crippen molar-refractivity contribution < 1.29 is 17.9 Å². The van der Waals surface area contributed by atoms with Gasteiger partial charge in [-0.15, -0.1) is 0 Å². The fourth-order valence-electron chi connectivity index (χ4n) is 3.03. The minimum Gasteiger partial charge on any atom is -0.489 e. The molecule has 6 nitrogen and oxygen atoms in total. The van der Waals surface area contributed by atoms with E-state index < -0.39 is 10.0 Å². The van der Waals surface area contributed by atoms with E-state index in [1.54, 1.807) is 30.3 Å². The summed E-state index contributed by atoms with van der Waals surface area (Å²) in [5.41, 5.74) is 1.20. The van der Waals surface area contributed by atoms with Crippen molar-refractivity contribution in [2.75, 3.05) is 21.9 Å². The summed E-state index contributed by atoms with van der Waals surface area (Å²) in [6, 6.07) is 11.8. The van der Waals surface area contributed by atoms with Gasteiger partial charge in [-0.2, -0.15) is 0 Å². The van der Waals surface area contributed by atoms with Crippen LogP contribution >= 0.6 is 11.6 Å². The Labute approximate surface area is 170 Å². The SMILES string of the molecule is CC(C)Oc1ccccc1NC(=O)c1ccc(Cl)c(N2CCCCS2(=O)=O)c1. The van der Waals surface area contributed by atoms with Gasteiger partial charge in [-0.1, -0.05) is 23.7 Å². The molecule has 0 saturated carbocycles. The standard InChI is InChI=1S/C20H23ClN2O4S/c1-14(2)27-19-8-4-3-7-17(19)22-20(24)15-9-10-16(21)18(13-15)23-11-5-6-12-28(23,25)26/h3-4,7-10,13-14H,5-6,11-12H2,1-2H3,(H,22,24). The lowest BCUT2D eigenvalue weighted by Crippen LogP contribution is -2.38. The zero-order valence-corrected chi connectivity index (χ0v) is 17.4. The van der Waals surface area contributed by atoms with Crippen LogP contribution in [0.3, 0.4) is 0 Å². The number of hydrogen-bond acceptors (Lipinski definition) is 4. The molecule has 0 bridgehead atoms. The zero-order chi connectivity index (χ0) is 20.3. The molecule has 0 aromatic heterocycles. The summed E-state index contributed by atoms with van der Waals surface area (Å²) in [7, 11) is -3.42. The molecule has 0 aliphatic carbocycles. The quantitative estimate of drug-likeness (QED) is 0.778. The summed E-state index contributed by atoms with van der Waals surface area (Å²) in [6.07, 6.45) is 1.35. The molecule has 28 heavy (non-hydrogen) atoms. The van der Waals surface area contributed by atoms with E-state index in [0.717, 1.165) is 6.42 Å². The molecule has 0 atom stereocenters. The van der Waals surface area contributed by atoms with Crippen LogP contribution in [0.4, 0.5) is 11.4 Å². The first-order valence-electron chi connectivity index (χ1n) is 9.15. The molecule has 2 aromatic rings. The normalized spacial score (nSPS) is 16.1. The molecule has 3 rings (SSSR count). The van der Waals surface area contributed by atoms with Gasteiger partial charge in [0.2, 0.25) is 10.0 Å². The van der Waals surface area contributed by atoms with Crippen LogP contribution in [0.5, 0.6) is 5.75 Å². The minimum absolute atomic E-state index is 0.0375. The maximum atomic E-state index is 12.8. The Bertz CT molecular complexity index is 976. The first-order chi connectivity index (χ1) is 13.3. The number of hydrogen-bond donors (Lipinski definition) is 1. The maximum Gasteiger partial charge on any atom is 0.255 e. The van der Waals surface area contributed by atoms with Crippen LogP contribution in [0.1, 0.15) is 37.0 Å². The van der Waals surface area contributed by atoms with E-state index in [4.69, 9.17) is 16.3 Å². The highest BCUT2D eigenvalue weighted by Crippen LogP contribution is 2.32. The van der Waals surface area contributed by atoms with E-state index in [0.29, 0.717) is 40.7 Å². The molecule has 0 spiro atoms. The number of anilines is 2. The van der Waals surface area contributed by atoms with Gasteiger partial charge in [0.25, 0.3) is 5.91 Å². The average molecular weight is 423 g/mol. The van der Waals surface area contributed by atoms with E-state index >= 15 is 0 Å². The van der Waals surface area contributed by atoms with Crippen molar-refractivity contribution in [1.29, 1.82) is 0 Å². The summed E-state index contributed by atoms with van der Waals surface area (Å²) in [5, 5.41) is 3.12. The van der Waals surface area contributed by atoms with E-state index in [1.807, 2.05) is 19.9 Å². The number of ether oxygens (including phenoxy) is 1. The van der Waals surface area contributed by atoms with E-state index in [1.165, 1.54) is 10.4 Å². The average Bonchev–Trinajstić information content (AvgIpc) is 2.63. The number of para-hydroxylation sites is 2. The summed E-state index contributed by atoms with van der Waals surface area (Å²) < 4.78 is 31.8. The zero-order valence-electron chi connectivity index (χ0n) is 15.8. The highest BCUT2D eigenvalue weighted by molar-refractivity contribution is 7.92. The third kappa shape index (κ3) is 4.59. The Balaban J connectivity index is 1.88. The number of nitrogens with zero attached hydrogens (tertiary/aromatic N) is 1. The molecule has 0 radical (unpaired) electrons. The molecule has 1 saturated heterocycles. The number of sulfonamides is 1. The van der Waals surface area contributed by atoms with Crippen LogP contribution in [0, 0.1) is 0 Å². The molecule has 1 aliphatic heterocycles. The second-order valence-corrected chi connectivity index (χ2v) is 9.30. The second-order valence-electron chi connectivity index (χ2n) is 6.88. The summed E-state index contributed by atoms with van der Waals surface area (Å²) in [4.78, 5) is 12.8. The van der Waals surface area contributed by atoms with Gasteiger partial charge < -0.3 is 10.1 Å². The molecule has 1 heterocycles. The Morgan fingerprint density at radius 1 is 1.18 bits per heavy atom. The maximum absolute atomic E-state index is 12.8. The number of nitrogens with one attached hydrogen (secondary N) is 1. The summed E-state index contributed by atoms with van der Waals surface area (Å²) in [6.45, 7) is 4.17. The first kappa shape index (κ1) is 20.5. The van der Waals surface area contributed by atoms with Crippen molar-refractivity contribution in [3.63, 3.8) is 0 Å². The molecular formula is C20H23ClN2O4S. The highest BCUT2D eigenvalue weighted by atomic mass is 35.5. The van der Waals surface area contributed by atoms with Gasteiger partial charge in [0.1, 0.15) is 5.75 Å². The predicted octanol–water partition coefficient (Wildman–Crippen LogP) is 4.31. The largest absolute Gasteiger partial charge is 0.489 e. The fourth-order valence-corrected chi connectivity index (χ4v) is 4.94. The van der Waals surface area contributed by atoms with E-state index in [-0.39, 0.29) is 17.8 Å². The number of halogens is 1. The first-order valence-corrected chi connectivity index (χ1v) is 11.1. The molecular weight excluding hydrogens is 400 g/mol. The number of amides is 1. The van der Waals surface area contributed by atoms with Gasteiger partial charge in [0.05, 0.1) is 28.3 Å². The van der Waals surface area contributed by atoms with Crippen molar-refractivity contribution in [3.8, 4) is 5.75 Å². The van der Waals surface area contributed by atoms with Crippen LogP contribution in [0.15, 0.2) is 42.5 Å². The Hall–Kier alpha value is -2.25. The molecule has 0 unspecified atom stereocenters. The number of rotatable bonds is 5. The number of carbonyl (C=O) groups is 1. The molecule has 1 fully saturated rings. The molecule has 1 N–H and O–H groups in total. The van der Waals surface area contributed by atoms with Gasteiger partial charge in [-0.3, -0.25) is 9.10 Å². The molecule has 2 aromatic carbocycles. The highest BCUT2D eigenvalue weighted by Gasteiger charge is 2.28. The third-order valence-electron chi connectivity index (χ3n) is 4.32. The van der Waals surface area contributed by atoms with Crippen molar-refractivity contribution in [2.45, 2.75) is 32.8 Å². The van der Waals surface area contributed by atoms with Crippen LogP contribution < -0.4 is 14.4 Å². The molecule has 1 aliphatic rings. The van der Waals surface area contributed by atoms with Gasteiger partial charge in [-0.25, -0.2) is 8.42 Å². The second kappa shape index (κ2) is 8.41. The van der Waals surface area contributed by atoms with Crippen molar-refractivity contribution in [1.82, 2.24) is 0 Å². The predicted molar refractivity (Wildman–Crippen MR) is 112 cm³/mol. The minimum atomic E-state index is -3.42. The third-order valence-corrected chi connectivity index (χ3v) is 6.50. The lowest BCUT2D eigenvalue weighted by molar-refractivity contribution is 0.102. The topological polar surface area (TPSA) is 75.7 Å². The molecule has 1 amide bonds. The van der Waals surface area contributed by atoms with Crippen LogP contribution in [0.25, 0.3) is 0 Å². The number of benzene rings is 2. The molecule has 150 valence electrons. The Morgan fingerprint density at radius 3 is 2.64 bits per heavy atom. The van der Waals surface area contributed by atoms with E-state index in [2.05, 4.69) is 5.32 Å². The molecule has 8 heteroatoms. The lowest BCUT2D eigenvalue weighted by atomic mass is 10.1. The van der Waals surface area contributed by atoms with Gasteiger partial charge >= 0.3 is 0 Å². The van der Waals surface area contributed by atoms with Crippen LogP contribution in [-0.2, 0) is 10.0 Å². The Kier molecular flexibility index (Phi) is 6.15. The smallest absolute Gasteiger partial charge is 0.255 e. The summed E-state index contributed by atoms with van der Waals surface area (Å²) >= 11 is 6.25.